The zero-order valence-electron chi connectivity index (χ0n) is 11.3. The number of aromatic nitrogens is 1. The van der Waals surface area contributed by atoms with Crippen LogP contribution in [-0.2, 0) is 6.54 Å². The van der Waals surface area contributed by atoms with Gasteiger partial charge in [0.1, 0.15) is 0 Å². The molecular formula is C19H16N+. The van der Waals surface area contributed by atoms with Gasteiger partial charge in [-0.25, -0.2) is 0 Å². The first-order chi connectivity index (χ1) is 9.90. The summed E-state index contributed by atoms with van der Waals surface area (Å²) in [4.78, 5) is 0. The minimum atomic E-state index is 1.09. The summed E-state index contributed by atoms with van der Waals surface area (Å²) in [5.41, 5.74) is 4.07. The van der Waals surface area contributed by atoms with Crippen molar-refractivity contribution in [1.29, 1.82) is 0 Å². The van der Waals surface area contributed by atoms with Crippen LogP contribution in [0.25, 0.3) is 22.4 Å². The minimum Gasteiger partial charge on any atom is -0.198 e. The molecule has 20 heavy (non-hydrogen) atoms. The fraction of sp³-hybridized carbons (Fsp3) is 0.105. The van der Waals surface area contributed by atoms with E-state index in [0.29, 0.717) is 0 Å². The highest BCUT2D eigenvalue weighted by atomic mass is 15.0. The minimum absolute atomic E-state index is 1.09. The van der Waals surface area contributed by atoms with E-state index in [1.165, 1.54) is 27.6 Å². The Balaban J connectivity index is 1.79. The molecule has 0 N–H and O–H groups in total. The number of benzene rings is 2. The lowest BCUT2D eigenvalue weighted by atomic mass is 10.0. The van der Waals surface area contributed by atoms with Crippen LogP contribution in [0.3, 0.4) is 0 Å². The molecule has 1 aliphatic heterocycles. The Morgan fingerprint density at radius 1 is 0.850 bits per heavy atom. The second-order valence-corrected chi connectivity index (χ2v) is 5.31. The topological polar surface area (TPSA) is 3.88 Å². The molecule has 0 saturated carbocycles. The Hall–Kier alpha value is -2.41. The zero-order valence-corrected chi connectivity index (χ0v) is 11.3. The molecule has 0 aliphatic carbocycles. The molecule has 0 saturated heterocycles. The summed E-state index contributed by atoms with van der Waals surface area (Å²) >= 11 is 0. The van der Waals surface area contributed by atoms with Crippen LogP contribution in [0.5, 0.6) is 0 Å². The van der Waals surface area contributed by atoms with E-state index in [0.717, 1.165) is 13.0 Å². The molecule has 1 nitrogen and oxygen atoms in total. The van der Waals surface area contributed by atoms with Crippen LogP contribution in [0.15, 0.2) is 66.9 Å². The Kier molecular flexibility index (Phi) is 2.63. The standard InChI is InChI=1S/C19H16N/c1-2-6-17-13-15(8-9-16(17)5-1)14-18-10-12-20-11-4-3-7-19(18)20/h1-9,11,13-14H,10,12H2/q+1. The highest BCUT2D eigenvalue weighted by Gasteiger charge is 2.22. The van der Waals surface area contributed by atoms with Crippen molar-refractivity contribution in [2.24, 2.45) is 0 Å². The third kappa shape index (κ3) is 1.92. The third-order valence-corrected chi connectivity index (χ3v) is 4.01. The van der Waals surface area contributed by atoms with Gasteiger partial charge in [0, 0.05) is 24.1 Å². The van der Waals surface area contributed by atoms with E-state index in [4.69, 9.17) is 0 Å². The van der Waals surface area contributed by atoms with Crippen molar-refractivity contribution in [3.8, 4) is 0 Å². The number of fused-ring (bicyclic) bond motifs is 2. The van der Waals surface area contributed by atoms with Gasteiger partial charge in [-0.2, -0.15) is 4.57 Å². The molecule has 1 aromatic heterocycles. The first-order valence-electron chi connectivity index (χ1n) is 7.08. The van der Waals surface area contributed by atoms with Gasteiger partial charge in [-0.05, 0) is 34.5 Å². The van der Waals surface area contributed by atoms with Crippen molar-refractivity contribution in [1.82, 2.24) is 0 Å². The zero-order chi connectivity index (χ0) is 13.4. The highest BCUT2D eigenvalue weighted by molar-refractivity contribution is 5.87. The van der Waals surface area contributed by atoms with Crippen molar-refractivity contribution in [3.05, 3.63) is 78.1 Å². The largest absolute Gasteiger partial charge is 0.208 e. The van der Waals surface area contributed by atoms with E-state index >= 15 is 0 Å². The van der Waals surface area contributed by atoms with Crippen LogP contribution >= 0.6 is 0 Å². The maximum absolute atomic E-state index is 2.33. The monoisotopic (exact) mass is 258 g/mol. The number of pyridine rings is 1. The van der Waals surface area contributed by atoms with Gasteiger partial charge in [-0.1, -0.05) is 36.4 Å². The average molecular weight is 258 g/mol. The smallest absolute Gasteiger partial charge is 0.198 e. The van der Waals surface area contributed by atoms with Gasteiger partial charge in [0.2, 0.25) is 5.69 Å². The van der Waals surface area contributed by atoms with Gasteiger partial charge in [0.05, 0.1) is 0 Å². The summed E-state index contributed by atoms with van der Waals surface area (Å²) < 4.78 is 2.33. The van der Waals surface area contributed by atoms with Crippen molar-refractivity contribution >= 4 is 22.4 Å². The van der Waals surface area contributed by atoms with Crippen LogP contribution in [0, 0.1) is 0 Å². The van der Waals surface area contributed by atoms with Gasteiger partial charge >= 0.3 is 0 Å². The summed E-state index contributed by atoms with van der Waals surface area (Å²) in [7, 11) is 0. The van der Waals surface area contributed by atoms with Crippen molar-refractivity contribution in [2.75, 3.05) is 0 Å². The summed E-state index contributed by atoms with van der Waals surface area (Å²) in [6, 6.07) is 21.6. The quantitative estimate of drug-likeness (QED) is 0.579. The molecule has 0 spiro atoms. The van der Waals surface area contributed by atoms with Crippen LogP contribution < -0.4 is 4.57 Å². The van der Waals surface area contributed by atoms with Crippen molar-refractivity contribution < 1.29 is 4.57 Å². The first-order valence-corrected chi connectivity index (χ1v) is 7.08. The lowest BCUT2D eigenvalue weighted by Crippen LogP contribution is -2.31. The second-order valence-electron chi connectivity index (χ2n) is 5.31. The fourth-order valence-electron chi connectivity index (χ4n) is 2.98. The third-order valence-electron chi connectivity index (χ3n) is 4.01. The van der Waals surface area contributed by atoms with E-state index in [1.54, 1.807) is 0 Å². The van der Waals surface area contributed by atoms with Gasteiger partial charge in [0.15, 0.2) is 12.7 Å². The molecule has 3 aromatic rings. The molecule has 2 heterocycles. The Morgan fingerprint density at radius 2 is 1.70 bits per heavy atom. The molecule has 0 atom stereocenters. The van der Waals surface area contributed by atoms with E-state index in [2.05, 4.69) is 77.5 Å². The van der Waals surface area contributed by atoms with E-state index in [-0.39, 0.29) is 0 Å². The van der Waals surface area contributed by atoms with Gasteiger partial charge in [-0.15, -0.1) is 0 Å². The van der Waals surface area contributed by atoms with Crippen molar-refractivity contribution in [3.63, 3.8) is 0 Å². The van der Waals surface area contributed by atoms with E-state index < -0.39 is 0 Å². The molecule has 1 aliphatic rings. The molecule has 0 fully saturated rings. The molecule has 4 rings (SSSR count). The van der Waals surface area contributed by atoms with Crippen LogP contribution in [-0.4, -0.2) is 0 Å². The number of hydrogen-bond acceptors (Lipinski definition) is 0. The predicted octanol–water partition coefficient (Wildman–Crippen LogP) is 4.07. The molecular weight excluding hydrogens is 242 g/mol. The number of hydrogen-bond donors (Lipinski definition) is 0. The molecule has 0 unspecified atom stereocenters. The first kappa shape index (κ1) is 11.4. The molecule has 0 amide bonds. The molecule has 0 bridgehead atoms. The number of allylic oxidation sites excluding steroid dienone is 1. The molecule has 2 aromatic carbocycles. The van der Waals surface area contributed by atoms with Crippen LogP contribution in [0.1, 0.15) is 17.7 Å². The van der Waals surface area contributed by atoms with Crippen LogP contribution in [0.2, 0.25) is 0 Å². The number of nitrogens with zero attached hydrogens (tertiary/aromatic N) is 1. The second kappa shape index (κ2) is 4.61. The van der Waals surface area contributed by atoms with Crippen LogP contribution in [0.4, 0.5) is 0 Å². The normalized spacial score (nSPS) is 15.7. The summed E-state index contributed by atoms with van der Waals surface area (Å²) in [6.07, 6.45) is 5.61. The number of aryl methyl sites for hydroxylation is 1. The Morgan fingerprint density at radius 3 is 2.65 bits per heavy atom. The maximum Gasteiger partial charge on any atom is 0.208 e. The lowest BCUT2D eigenvalue weighted by Gasteiger charge is -2.00. The maximum atomic E-state index is 2.33. The summed E-state index contributed by atoms with van der Waals surface area (Å²) in [6.45, 7) is 1.09. The average Bonchev–Trinajstić information content (AvgIpc) is 2.91. The molecule has 96 valence electrons. The van der Waals surface area contributed by atoms with E-state index in [9.17, 15) is 0 Å². The Bertz CT molecular complexity index is 815. The molecule has 0 radical (unpaired) electrons. The fourth-order valence-corrected chi connectivity index (χ4v) is 2.98. The lowest BCUT2D eigenvalue weighted by molar-refractivity contribution is -0.689. The predicted molar refractivity (Wildman–Crippen MR) is 83.1 cm³/mol. The summed E-state index contributed by atoms with van der Waals surface area (Å²) in [5.74, 6) is 0. The van der Waals surface area contributed by atoms with Gasteiger partial charge < -0.3 is 0 Å². The highest BCUT2D eigenvalue weighted by Crippen LogP contribution is 2.25. The summed E-state index contributed by atoms with van der Waals surface area (Å²) in [5, 5.41) is 2.61. The van der Waals surface area contributed by atoms with Gasteiger partial charge in [0.25, 0.3) is 0 Å². The van der Waals surface area contributed by atoms with E-state index in [1.807, 2.05) is 0 Å². The number of rotatable bonds is 1. The van der Waals surface area contributed by atoms with Crippen molar-refractivity contribution in [2.45, 2.75) is 13.0 Å². The Labute approximate surface area is 118 Å². The molecule has 1 heteroatoms. The van der Waals surface area contributed by atoms with Gasteiger partial charge in [-0.3, -0.25) is 0 Å². The SMILES string of the molecule is C(=C1CC[n+]2ccccc21)c1ccc2ccccc2c1.